The second kappa shape index (κ2) is 3.20. The van der Waals surface area contributed by atoms with Gasteiger partial charge in [0.05, 0.1) is 5.56 Å². The van der Waals surface area contributed by atoms with Gasteiger partial charge in [0.25, 0.3) is 0 Å². The van der Waals surface area contributed by atoms with E-state index < -0.39 is 0 Å². The fourth-order valence-corrected chi connectivity index (χ4v) is 1.42. The lowest BCUT2D eigenvalue weighted by molar-refractivity contribution is 0.619. The number of hydrogen-bond donors (Lipinski definition) is 0. The molecule has 0 aliphatic heterocycles. The molecule has 71 valence electrons. The first-order valence-electron chi connectivity index (χ1n) is 4.61. The van der Waals surface area contributed by atoms with Crippen LogP contribution in [0.2, 0.25) is 0 Å². The average Bonchev–Trinajstić information content (AvgIpc) is 2.74. The zero-order valence-electron chi connectivity index (χ0n) is 7.84. The molecular formula is C12H7N2O. The van der Waals surface area contributed by atoms with Crippen LogP contribution >= 0.6 is 0 Å². The Bertz CT molecular complexity index is 554. The predicted octanol–water partition coefficient (Wildman–Crippen LogP) is 2.69. The number of rotatable bonds is 1. The molecule has 0 spiro atoms. The quantitative estimate of drug-likeness (QED) is 0.599. The number of aromatic nitrogens is 2. The van der Waals surface area contributed by atoms with Crippen LogP contribution in [0.3, 0.4) is 0 Å². The van der Waals surface area contributed by atoms with Crippen LogP contribution in [-0.2, 0) is 0 Å². The van der Waals surface area contributed by atoms with Crippen LogP contribution in [0.5, 0.6) is 0 Å². The Hall–Kier alpha value is -2.16. The molecule has 1 aromatic carbocycles. The van der Waals surface area contributed by atoms with Crippen molar-refractivity contribution < 1.29 is 4.42 Å². The highest BCUT2D eigenvalue weighted by molar-refractivity contribution is 5.75. The fraction of sp³-hybridized carbons (Fsp3) is 0. The number of benzene rings is 1. The van der Waals surface area contributed by atoms with Gasteiger partial charge in [-0.2, -0.15) is 0 Å². The summed E-state index contributed by atoms with van der Waals surface area (Å²) in [7, 11) is 0. The van der Waals surface area contributed by atoms with E-state index in [2.05, 4.69) is 16.0 Å². The molecule has 0 atom stereocenters. The molecule has 1 radical (unpaired) electrons. The van der Waals surface area contributed by atoms with E-state index in [1.807, 2.05) is 30.3 Å². The maximum absolute atomic E-state index is 5.57. The van der Waals surface area contributed by atoms with E-state index in [1.54, 1.807) is 12.4 Å². The third kappa shape index (κ3) is 1.38. The first-order chi connectivity index (χ1) is 7.43. The van der Waals surface area contributed by atoms with Crippen molar-refractivity contribution in [2.24, 2.45) is 0 Å². The monoisotopic (exact) mass is 195 g/mol. The summed E-state index contributed by atoms with van der Waals surface area (Å²) in [4.78, 5) is 8.34. The van der Waals surface area contributed by atoms with Crippen LogP contribution in [0.15, 0.2) is 47.1 Å². The summed E-state index contributed by atoms with van der Waals surface area (Å²) in [5.41, 5.74) is 2.37. The van der Waals surface area contributed by atoms with Crippen LogP contribution in [0, 0.1) is 6.07 Å². The average molecular weight is 195 g/mol. The van der Waals surface area contributed by atoms with Gasteiger partial charge in [0.1, 0.15) is 5.52 Å². The summed E-state index contributed by atoms with van der Waals surface area (Å²) in [6.07, 6.45) is 3.45. The lowest BCUT2D eigenvalue weighted by atomic mass is 10.3. The Morgan fingerprint density at radius 1 is 1.20 bits per heavy atom. The van der Waals surface area contributed by atoms with Gasteiger partial charge in [-0.05, 0) is 18.2 Å². The van der Waals surface area contributed by atoms with E-state index in [1.165, 1.54) is 0 Å². The number of pyridine rings is 1. The van der Waals surface area contributed by atoms with Gasteiger partial charge in [0, 0.05) is 18.5 Å². The van der Waals surface area contributed by atoms with Crippen molar-refractivity contribution >= 4 is 11.1 Å². The van der Waals surface area contributed by atoms with Crippen molar-refractivity contribution in [2.75, 3.05) is 0 Å². The topological polar surface area (TPSA) is 38.9 Å². The second-order valence-electron chi connectivity index (χ2n) is 3.14. The molecule has 0 aliphatic carbocycles. The predicted molar refractivity (Wildman–Crippen MR) is 56.1 cm³/mol. The third-order valence-electron chi connectivity index (χ3n) is 2.13. The molecule has 0 saturated carbocycles. The molecule has 0 unspecified atom stereocenters. The van der Waals surface area contributed by atoms with Crippen LogP contribution < -0.4 is 0 Å². The van der Waals surface area contributed by atoms with Crippen molar-refractivity contribution in [3.8, 4) is 11.5 Å². The van der Waals surface area contributed by atoms with Crippen molar-refractivity contribution in [3.05, 3.63) is 48.8 Å². The Morgan fingerprint density at radius 2 is 2.20 bits per heavy atom. The molecule has 0 aliphatic rings. The van der Waals surface area contributed by atoms with Crippen LogP contribution in [0.25, 0.3) is 22.6 Å². The van der Waals surface area contributed by atoms with Gasteiger partial charge in [-0.15, -0.1) is 0 Å². The molecule has 0 bridgehead atoms. The number of fused-ring (bicyclic) bond motifs is 1. The molecule has 3 rings (SSSR count). The molecule has 0 N–H and O–H groups in total. The molecule has 0 saturated heterocycles. The normalized spacial score (nSPS) is 10.7. The largest absolute Gasteiger partial charge is 0.436 e. The van der Waals surface area contributed by atoms with Crippen LogP contribution in [0.4, 0.5) is 0 Å². The molecule has 3 heteroatoms. The number of nitrogens with zero attached hydrogens (tertiary/aromatic N) is 2. The molecule has 15 heavy (non-hydrogen) atoms. The minimum atomic E-state index is 0.584. The summed E-state index contributed by atoms with van der Waals surface area (Å²) in [6, 6.07) is 12.4. The Morgan fingerprint density at radius 3 is 3.00 bits per heavy atom. The standard InChI is InChI=1S/C12H7N2O/c1-2-6-11-10(5-1)14-12(15-11)9-4-3-7-13-8-9/h1-4,6-8H. The first kappa shape index (κ1) is 8.17. The number of oxazole rings is 1. The van der Waals surface area contributed by atoms with Crippen molar-refractivity contribution in [1.82, 2.24) is 9.97 Å². The minimum Gasteiger partial charge on any atom is -0.436 e. The van der Waals surface area contributed by atoms with E-state index in [-0.39, 0.29) is 0 Å². The van der Waals surface area contributed by atoms with E-state index >= 15 is 0 Å². The van der Waals surface area contributed by atoms with Gasteiger partial charge in [0.2, 0.25) is 5.89 Å². The summed E-state index contributed by atoms with van der Waals surface area (Å²) in [5, 5.41) is 0. The Kier molecular flexibility index (Phi) is 1.75. The highest BCUT2D eigenvalue weighted by Gasteiger charge is 2.06. The highest BCUT2D eigenvalue weighted by Crippen LogP contribution is 2.22. The zero-order valence-corrected chi connectivity index (χ0v) is 7.84. The van der Waals surface area contributed by atoms with E-state index in [0.29, 0.717) is 5.89 Å². The summed E-state index contributed by atoms with van der Waals surface area (Å²) in [6.45, 7) is 0. The SMILES string of the molecule is [c]1cccc2oc(-c3cccnc3)nc12. The zero-order chi connectivity index (χ0) is 10.1. The molecule has 2 heterocycles. The van der Waals surface area contributed by atoms with Crippen LogP contribution in [-0.4, -0.2) is 9.97 Å². The maximum atomic E-state index is 5.57. The molecule has 3 aromatic rings. The highest BCUT2D eigenvalue weighted by atomic mass is 16.3. The lowest BCUT2D eigenvalue weighted by Crippen LogP contribution is -1.77. The van der Waals surface area contributed by atoms with Gasteiger partial charge < -0.3 is 4.42 Å². The van der Waals surface area contributed by atoms with E-state index in [9.17, 15) is 0 Å². The molecule has 3 nitrogen and oxygen atoms in total. The van der Waals surface area contributed by atoms with Crippen molar-refractivity contribution in [2.45, 2.75) is 0 Å². The molecule has 2 aromatic heterocycles. The molecule has 0 amide bonds. The lowest BCUT2D eigenvalue weighted by Gasteiger charge is -1.90. The molecule has 0 fully saturated rings. The smallest absolute Gasteiger partial charge is 0.228 e. The van der Waals surface area contributed by atoms with Crippen molar-refractivity contribution in [3.63, 3.8) is 0 Å². The van der Waals surface area contributed by atoms with Gasteiger partial charge in [-0.25, -0.2) is 4.98 Å². The number of para-hydroxylation sites is 1. The number of hydrogen-bond acceptors (Lipinski definition) is 3. The summed E-state index contributed by atoms with van der Waals surface area (Å²) < 4.78 is 5.57. The van der Waals surface area contributed by atoms with Gasteiger partial charge in [0.15, 0.2) is 5.58 Å². The Balaban J connectivity index is 2.21. The van der Waals surface area contributed by atoms with Gasteiger partial charge in [-0.3, -0.25) is 4.98 Å². The van der Waals surface area contributed by atoms with E-state index in [4.69, 9.17) is 4.42 Å². The molecular weight excluding hydrogens is 188 g/mol. The second-order valence-corrected chi connectivity index (χ2v) is 3.14. The van der Waals surface area contributed by atoms with Gasteiger partial charge in [-0.1, -0.05) is 12.1 Å². The fourth-order valence-electron chi connectivity index (χ4n) is 1.42. The maximum Gasteiger partial charge on any atom is 0.228 e. The first-order valence-corrected chi connectivity index (χ1v) is 4.61. The Labute approximate surface area is 86.4 Å². The van der Waals surface area contributed by atoms with Crippen molar-refractivity contribution in [1.29, 1.82) is 0 Å². The van der Waals surface area contributed by atoms with Gasteiger partial charge >= 0.3 is 0 Å². The minimum absolute atomic E-state index is 0.584. The third-order valence-corrected chi connectivity index (χ3v) is 2.13. The summed E-state index contributed by atoms with van der Waals surface area (Å²) >= 11 is 0. The van der Waals surface area contributed by atoms with Crippen LogP contribution in [0.1, 0.15) is 0 Å². The van der Waals surface area contributed by atoms with E-state index in [0.717, 1.165) is 16.7 Å². The summed E-state index contributed by atoms with van der Waals surface area (Å²) in [5.74, 6) is 0.584.